The molecule has 0 spiro atoms. The van der Waals surface area contributed by atoms with Crippen molar-refractivity contribution in [3.8, 4) is 0 Å². The molecule has 0 aliphatic carbocycles. The van der Waals surface area contributed by atoms with E-state index in [-0.39, 0.29) is 6.61 Å². The predicted octanol–water partition coefficient (Wildman–Crippen LogP) is 4.72. The Morgan fingerprint density at radius 2 is 1.39 bits per heavy atom. The van der Waals surface area contributed by atoms with Gasteiger partial charge in [0.2, 0.25) is 0 Å². The van der Waals surface area contributed by atoms with Crippen molar-refractivity contribution < 1.29 is 17.9 Å². The second-order valence-corrected chi connectivity index (χ2v) is 7.39. The number of carbonyl (C=O) groups excluding carboxylic acids is 1. The second kappa shape index (κ2) is 8.37. The second-order valence-electron chi connectivity index (χ2n) is 6.37. The van der Waals surface area contributed by atoms with Gasteiger partial charge in [-0.15, -0.1) is 0 Å². The molecule has 142 valence electrons. The Balaban J connectivity index is 1.62. The van der Waals surface area contributed by atoms with Gasteiger partial charge in [-0.3, -0.25) is 4.18 Å². The van der Waals surface area contributed by atoms with E-state index in [9.17, 15) is 9.00 Å². The minimum atomic E-state index is -1.95. The molecule has 3 unspecified atom stereocenters. The molecule has 1 heterocycles. The summed E-state index contributed by atoms with van der Waals surface area (Å²) in [6.07, 6.45) is -1.22. The molecule has 1 saturated heterocycles. The first-order valence-corrected chi connectivity index (χ1v) is 9.96. The average molecular weight is 393 g/mol. The summed E-state index contributed by atoms with van der Waals surface area (Å²) in [4.78, 5) is 12.8. The lowest BCUT2D eigenvalue weighted by molar-refractivity contribution is 0.107. The fourth-order valence-corrected chi connectivity index (χ4v) is 4.28. The highest BCUT2D eigenvalue weighted by Gasteiger charge is 2.46. The number of carbonyl (C=O) groups is 1. The summed E-state index contributed by atoms with van der Waals surface area (Å²) in [5.41, 5.74) is 2.54. The lowest BCUT2D eigenvalue weighted by Gasteiger charge is -2.23. The van der Waals surface area contributed by atoms with Crippen LogP contribution < -0.4 is 0 Å². The van der Waals surface area contributed by atoms with Crippen LogP contribution in [0.1, 0.15) is 28.8 Å². The molecule has 0 radical (unpaired) electrons. The van der Waals surface area contributed by atoms with Crippen molar-refractivity contribution in [2.24, 2.45) is 0 Å². The molecule has 1 fully saturated rings. The van der Waals surface area contributed by atoms with Gasteiger partial charge in [-0.25, -0.2) is 9.00 Å². The molecule has 5 nitrogen and oxygen atoms in total. The van der Waals surface area contributed by atoms with Crippen LogP contribution in [-0.4, -0.2) is 14.6 Å². The normalized spacial score (nSPS) is 21.4. The number of rotatable bonds is 4. The lowest BCUT2D eigenvalue weighted by atomic mass is 9.96. The molecule has 0 N–H and O–H groups in total. The Bertz CT molecular complexity index is 950. The van der Waals surface area contributed by atoms with Gasteiger partial charge >= 0.3 is 6.09 Å². The van der Waals surface area contributed by atoms with Crippen LogP contribution in [0.3, 0.4) is 0 Å². The van der Waals surface area contributed by atoms with E-state index in [1.165, 1.54) is 4.31 Å². The van der Waals surface area contributed by atoms with Gasteiger partial charge in [0.25, 0.3) is 11.3 Å². The van der Waals surface area contributed by atoms with Crippen molar-refractivity contribution in [1.29, 1.82) is 0 Å². The van der Waals surface area contributed by atoms with Crippen LogP contribution in [0.15, 0.2) is 91.0 Å². The highest BCUT2D eigenvalue weighted by molar-refractivity contribution is 7.78. The van der Waals surface area contributed by atoms with Crippen LogP contribution in [0, 0.1) is 0 Å². The fourth-order valence-electron chi connectivity index (χ4n) is 3.20. The van der Waals surface area contributed by atoms with Crippen LogP contribution in [0.5, 0.6) is 0 Å². The maximum atomic E-state index is 12.8. The van der Waals surface area contributed by atoms with E-state index < -0.39 is 29.5 Å². The summed E-state index contributed by atoms with van der Waals surface area (Å²) in [7, 11) is 0. The highest BCUT2D eigenvalue weighted by Crippen LogP contribution is 2.44. The first kappa shape index (κ1) is 18.4. The SMILES string of the molecule is O=C(OCc1ccccc1)N1C(c2ccccc2)C(c2ccccc2)OS1=O. The zero-order chi connectivity index (χ0) is 19.3. The Labute approximate surface area is 166 Å². The molecule has 3 aromatic carbocycles. The van der Waals surface area contributed by atoms with Gasteiger partial charge < -0.3 is 4.74 Å². The molecule has 1 aliphatic rings. The number of hydrogen-bond donors (Lipinski definition) is 0. The van der Waals surface area contributed by atoms with Gasteiger partial charge in [0.1, 0.15) is 18.8 Å². The molecule has 1 amide bonds. The molecule has 4 rings (SSSR count). The highest BCUT2D eigenvalue weighted by atomic mass is 32.2. The maximum absolute atomic E-state index is 12.8. The van der Waals surface area contributed by atoms with E-state index in [0.29, 0.717) is 0 Å². The zero-order valence-electron chi connectivity index (χ0n) is 15.0. The van der Waals surface area contributed by atoms with Crippen LogP contribution in [0.2, 0.25) is 0 Å². The molecule has 3 atom stereocenters. The van der Waals surface area contributed by atoms with E-state index in [0.717, 1.165) is 16.7 Å². The Morgan fingerprint density at radius 3 is 2.00 bits per heavy atom. The summed E-state index contributed by atoms with van der Waals surface area (Å²) in [5.74, 6) is 0. The van der Waals surface area contributed by atoms with E-state index >= 15 is 0 Å². The summed E-state index contributed by atoms with van der Waals surface area (Å²) >= 11 is -1.95. The molecule has 6 heteroatoms. The number of benzene rings is 3. The molecular weight excluding hydrogens is 374 g/mol. The lowest BCUT2D eigenvalue weighted by Crippen LogP contribution is -2.32. The van der Waals surface area contributed by atoms with Crippen molar-refractivity contribution in [2.45, 2.75) is 18.8 Å². The maximum Gasteiger partial charge on any atom is 0.424 e. The van der Waals surface area contributed by atoms with Crippen LogP contribution in [-0.2, 0) is 26.8 Å². The van der Waals surface area contributed by atoms with Crippen molar-refractivity contribution in [3.05, 3.63) is 108 Å². The zero-order valence-corrected chi connectivity index (χ0v) is 15.8. The Morgan fingerprint density at radius 1 is 0.857 bits per heavy atom. The molecule has 0 aromatic heterocycles. The van der Waals surface area contributed by atoms with Gasteiger partial charge in [0.15, 0.2) is 0 Å². The third-order valence-corrected chi connectivity index (χ3v) is 5.61. The number of hydrogen-bond acceptors (Lipinski definition) is 4. The molecule has 0 bridgehead atoms. The standard InChI is InChI=1S/C22H19NO4S/c24-22(26-16-17-10-4-1-5-11-17)23-20(18-12-6-2-7-13-18)21(27-28(23)25)19-14-8-3-9-15-19/h1-15,20-21H,16H2. The van der Waals surface area contributed by atoms with Crippen LogP contribution in [0.4, 0.5) is 4.79 Å². The third-order valence-electron chi connectivity index (χ3n) is 4.54. The van der Waals surface area contributed by atoms with Gasteiger partial charge in [-0.2, -0.15) is 4.31 Å². The van der Waals surface area contributed by atoms with Crippen LogP contribution >= 0.6 is 0 Å². The molecule has 28 heavy (non-hydrogen) atoms. The molecule has 0 saturated carbocycles. The largest absolute Gasteiger partial charge is 0.444 e. The summed E-state index contributed by atoms with van der Waals surface area (Å²) in [6.45, 7) is 0.102. The predicted molar refractivity (Wildman–Crippen MR) is 106 cm³/mol. The smallest absolute Gasteiger partial charge is 0.424 e. The van der Waals surface area contributed by atoms with E-state index in [1.807, 2.05) is 91.0 Å². The fraction of sp³-hybridized carbons (Fsp3) is 0.136. The summed E-state index contributed by atoms with van der Waals surface area (Å²) < 4.78 is 25.0. The van der Waals surface area contributed by atoms with E-state index in [4.69, 9.17) is 8.92 Å². The minimum Gasteiger partial charge on any atom is -0.444 e. The first-order valence-electron chi connectivity index (χ1n) is 8.93. The minimum absolute atomic E-state index is 0.102. The quantitative estimate of drug-likeness (QED) is 0.644. The number of amides is 1. The third kappa shape index (κ3) is 3.83. The van der Waals surface area contributed by atoms with Gasteiger partial charge in [0, 0.05) is 0 Å². The average Bonchev–Trinajstić information content (AvgIpc) is 3.11. The monoisotopic (exact) mass is 393 g/mol. The van der Waals surface area contributed by atoms with Crippen molar-refractivity contribution >= 4 is 17.4 Å². The number of nitrogens with zero attached hydrogens (tertiary/aromatic N) is 1. The Kier molecular flexibility index (Phi) is 5.50. The summed E-state index contributed by atoms with van der Waals surface area (Å²) in [5, 5.41) is 0. The molecule has 3 aromatic rings. The van der Waals surface area contributed by atoms with Crippen molar-refractivity contribution in [3.63, 3.8) is 0 Å². The van der Waals surface area contributed by atoms with Crippen LogP contribution in [0.25, 0.3) is 0 Å². The molecular formula is C22H19NO4S. The van der Waals surface area contributed by atoms with Gasteiger partial charge in [-0.05, 0) is 16.7 Å². The molecule has 1 aliphatic heterocycles. The van der Waals surface area contributed by atoms with Crippen molar-refractivity contribution in [1.82, 2.24) is 4.31 Å². The van der Waals surface area contributed by atoms with E-state index in [1.54, 1.807) is 0 Å². The Hall–Kier alpha value is -2.96. The van der Waals surface area contributed by atoms with E-state index in [2.05, 4.69) is 0 Å². The van der Waals surface area contributed by atoms with Gasteiger partial charge in [0.05, 0.1) is 0 Å². The number of ether oxygens (including phenoxy) is 1. The topological polar surface area (TPSA) is 55.8 Å². The van der Waals surface area contributed by atoms with Gasteiger partial charge in [-0.1, -0.05) is 91.0 Å². The summed E-state index contributed by atoms with van der Waals surface area (Å²) in [6, 6.07) is 27.7. The van der Waals surface area contributed by atoms with Crippen molar-refractivity contribution in [2.75, 3.05) is 0 Å². The first-order chi connectivity index (χ1) is 13.7.